The molecule has 29 heavy (non-hydrogen) atoms. The molecular formula is C23H24N4O2. The fraction of sp³-hybridized carbons (Fsp3) is 0.130. The lowest BCUT2D eigenvalue weighted by atomic mass is 9.93. The standard InChI is InChI=1S/C23H24N4O2/c1-27(2)14-21(28)26-18-10-8-16(9-11-18)19-12-17(15-6-4-3-5-7-15)13-20(22(19)24)23(25)29/h3-13H,14,24H2,1-2H3,(H2,25,29)(H,26,28). The van der Waals surface area contributed by atoms with Crippen LogP contribution in [0.25, 0.3) is 22.3 Å². The van der Waals surface area contributed by atoms with Crippen molar-refractivity contribution >= 4 is 23.2 Å². The maximum Gasteiger partial charge on any atom is 0.250 e. The molecule has 3 rings (SSSR count). The predicted octanol–water partition coefficient (Wildman–Crippen LogP) is 3.20. The van der Waals surface area contributed by atoms with Crippen LogP contribution in [0.15, 0.2) is 66.7 Å². The van der Waals surface area contributed by atoms with Gasteiger partial charge in [-0.25, -0.2) is 0 Å². The number of carbonyl (C=O) groups excluding carboxylic acids is 2. The molecule has 0 aromatic heterocycles. The van der Waals surface area contributed by atoms with Crippen molar-refractivity contribution in [2.24, 2.45) is 5.73 Å². The number of nitrogens with two attached hydrogens (primary N) is 2. The summed E-state index contributed by atoms with van der Waals surface area (Å²) in [4.78, 5) is 25.7. The van der Waals surface area contributed by atoms with Crippen LogP contribution in [0.3, 0.4) is 0 Å². The first kappa shape index (κ1) is 20.1. The summed E-state index contributed by atoms with van der Waals surface area (Å²) in [7, 11) is 3.67. The maximum absolute atomic E-state index is 11.9. The van der Waals surface area contributed by atoms with Gasteiger partial charge in [-0.15, -0.1) is 0 Å². The molecule has 0 fully saturated rings. The molecule has 6 heteroatoms. The van der Waals surface area contributed by atoms with Crippen molar-refractivity contribution in [2.45, 2.75) is 0 Å². The number of hydrogen-bond donors (Lipinski definition) is 3. The Morgan fingerprint density at radius 2 is 1.55 bits per heavy atom. The lowest BCUT2D eigenvalue weighted by molar-refractivity contribution is -0.116. The van der Waals surface area contributed by atoms with Gasteiger partial charge in [-0.2, -0.15) is 0 Å². The summed E-state index contributed by atoms with van der Waals surface area (Å²) >= 11 is 0. The van der Waals surface area contributed by atoms with Crippen molar-refractivity contribution in [1.29, 1.82) is 0 Å². The van der Waals surface area contributed by atoms with E-state index >= 15 is 0 Å². The molecule has 0 bridgehead atoms. The molecule has 5 N–H and O–H groups in total. The fourth-order valence-electron chi connectivity index (χ4n) is 3.11. The average Bonchev–Trinajstić information content (AvgIpc) is 2.68. The maximum atomic E-state index is 11.9. The summed E-state index contributed by atoms with van der Waals surface area (Å²) in [5.74, 6) is -0.668. The average molecular weight is 388 g/mol. The van der Waals surface area contributed by atoms with Crippen molar-refractivity contribution in [1.82, 2.24) is 4.90 Å². The molecule has 3 aromatic carbocycles. The Labute approximate surface area is 170 Å². The minimum Gasteiger partial charge on any atom is -0.398 e. The van der Waals surface area contributed by atoms with E-state index in [9.17, 15) is 9.59 Å². The van der Waals surface area contributed by atoms with E-state index in [1.807, 2.05) is 74.8 Å². The van der Waals surface area contributed by atoms with E-state index in [1.54, 1.807) is 11.0 Å². The van der Waals surface area contributed by atoms with Crippen LogP contribution in [-0.4, -0.2) is 37.4 Å². The minimum atomic E-state index is -0.575. The van der Waals surface area contributed by atoms with Crippen LogP contribution in [0.4, 0.5) is 11.4 Å². The first-order chi connectivity index (χ1) is 13.8. The van der Waals surface area contributed by atoms with Gasteiger partial charge < -0.3 is 21.7 Å². The van der Waals surface area contributed by atoms with Gasteiger partial charge in [0.2, 0.25) is 5.91 Å². The van der Waals surface area contributed by atoms with Crippen molar-refractivity contribution < 1.29 is 9.59 Å². The molecule has 0 unspecified atom stereocenters. The van der Waals surface area contributed by atoms with Gasteiger partial charge >= 0.3 is 0 Å². The van der Waals surface area contributed by atoms with Crippen molar-refractivity contribution in [3.63, 3.8) is 0 Å². The van der Waals surface area contributed by atoms with E-state index in [4.69, 9.17) is 11.5 Å². The number of carbonyl (C=O) groups is 2. The largest absolute Gasteiger partial charge is 0.398 e. The molecule has 6 nitrogen and oxygen atoms in total. The monoisotopic (exact) mass is 388 g/mol. The van der Waals surface area contributed by atoms with Crippen molar-refractivity contribution in [2.75, 3.05) is 31.7 Å². The highest BCUT2D eigenvalue weighted by Gasteiger charge is 2.15. The topological polar surface area (TPSA) is 101 Å². The van der Waals surface area contributed by atoms with Gasteiger partial charge in [-0.1, -0.05) is 42.5 Å². The van der Waals surface area contributed by atoms with E-state index in [0.29, 0.717) is 23.5 Å². The summed E-state index contributed by atoms with van der Waals surface area (Å²) in [5.41, 5.74) is 16.5. The van der Waals surface area contributed by atoms with Crippen LogP contribution in [-0.2, 0) is 4.79 Å². The second-order valence-corrected chi connectivity index (χ2v) is 7.08. The third-order valence-electron chi connectivity index (χ3n) is 4.49. The summed E-state index contributed by atoms with van der Waals surface area (Å²) < 4.78 is 0. The molecule has 2 amide bonds. The highest BCUT2D eigenvalue weighted by molar-refractivity contribution is 6.03. The van der Waals surface area contributed by atoms with E-state index in [1.165, 1.54) is 0 Å². The summed E-state index contributed by atoms with van der Waals surface area (Å²) in [6.07, 6.45) is 0. The molecule has 0 saturated heterocycles. The van der Waals surface area contributed by atoms with Crippen LogP contribution < -0.4 is 16.8 Å². The first-order valence-electron chi connectivity index (χ1n) is 9.19. The first-order valence-corrected chi connectivity index (χ1v) is 9.19. The molecule has 0 heterocycles. The van der Waals surface area contributed by atoms with Crippen LogP contribution in [0.2, 0.25) is 0 Å². The van der Waals surface area contributed by atoms with Crippen molar-refractivity contribution in [3.05, 3.63) is 72.3 Å². The number of primary amides is 1. The molecule has 0 spiro atoms. The van der Waals surface area contributed by atoms with Gasteiger partial charge in [-0.3, -0.25) is 9.59 Å². The zero-order valence-electron chi connectivity index (χ0n) is 16.5. The van der Waals surface area contributed by atoms with Crippen LogP contribution in [0, 0.1) is 0 Å². The minimum absolute atomic E-state index is 0.0932. The van der Waals surface area contributed by atoms with Crippen LogP contribution in [0.1, 0.15) is 10.4 Å². The molecule has 3 aromatic rings. The van der Waals surface area contributed by atoms with E-state index in [2.05, 4.69) is 5.32 Å². The number of rotatable bonds is 6. The number of benzene rings is 3. The van der Waals surface area contributed by atoms with Crippen molar-refractivity contribution in [3.8, 4) is 22.3 Å². The zero-order valence-corrected chi connectivity index (χ0v) is 16.5. The van der Waals surface area contributed by atoms with Gasteiger partial charge in [0.05, 0.1) is 17.8 Å². The third-order valence-corrected chi connectivity index (χ3v) is 4.49. The Balaban J connectivity index is 1.98. The Hall–Kier alpha value is -3.64. The quantitative estimate of drug-likeness (QED) is 0.564. The number of nitrogen functional groups attached to an aromatic ring is 1. The Kier molecular flexibility index (Phi) is 5.95. The molecule has 0 atom stereocenters. The Bertz CT molecular complexity index is 1030. The lowest BCUT2D eigenvalue weighted by Crippen LogP contribution is -2.27. The van der Waals surface area contributed by atoms with Gasteiger partial charge in [0.25, 0.3) is 5.91 Å². The highest BCUT2D eigenvalue weighted by atomic mass is 16.2. The number of amides is 2. The number of likely N-dealkylation sites (N-methyl/N-ethyl adjacent to an activating group) is 1. The van der Waals surface area contributed by atoms with E-state index in [0.717, 1.165) is 16.7 Å². The lowest BCUT2D eigenvalue weighted by Gasteiger charge is -2.14. The molecular weight excluding hydrogens is 364 g/mol. The second kappa shape index (κ2) is 8.58. The molecule has 0 aliphatic heterocycles. The number of hydrogen-bond acceptors (Lipinski definition) is 4. The predicted molar refractivity (Wildman–Crippen MR) is 117 cm³/mol. The molecule has 0 aliphatic rings. The molecule has 0 radical (unpaired) electrons. The van der Waals surface area contributed by atoms with Gasteiger partial charge in [0.15, 0.2) is 0 Å². The van der Waals surface area contributed by atoms with Gasteiger partial charge in [-0.05, 0) is 55.1 Å². The Morgan fingerprint density at radius 3 is 2.14 bits per heavy atom. The van der Waals surface area contributed by atoms with Crippen LogP contribution in [0.5, 0.6) is 0 Å². The van der Waals surface area contributed by atoms with E-state index < -0.39 is 5.91 Å². The summed E-state index contributed by atoms with van der Waals surface area (Å²) in [6, 6.07) is 20.7. The van der Waals surface area contributed by atoms with Gasteiger partial charge in [0.1, 0.15) is 0 Å². The number of anilines is 2. The van der Waals surface area contributed by atoms with E-state index in [-0.39, 0.29) is 11.5 Å². The zero-order chi connectivity index (χ0) is 21.0. The summed E-state index contributed by atoms with van der Waals surface area (Å²) in [5, 5.41) is 2.85. The normalized spacial score (nSPS) is 10.7. The Morgan fingerprint density at radius 1 is 0.897 bits per heavy atom. The molecule has 0 aliphatic carbocycles. The fourth-order valence-corrected chi connectivity index (χ4v) is 3.11. The SMILES string of the molecule is CN(C)CC(=O)Nc1ccc(-c2cc(-c3ccccc3)cc(C(N)=O)c2N)cc1. The molecule has 0 saturated carbocycles. The molecule has 148 valence electrons. The van der Waals surface area contributed by atoms with Gasteiger partial charge in [0, 0.05) is 11.3 Å². The van der Waals surface area contributed by atoms with Crippen LogP contribution >= 0.6 is 0 Å². The number of nitrogens with zero attached hydrogens (tertiary/aromatic N) is 1. The second-order valence-electron chi connectivity index (χ2n) is 7.08. The summed E-state index contributed by atoms with van der Waals surface area (Å²) in [6.45, 7) is 0.301. The smallest absolute Gasteiger partial charge is 0.250 e. The number of nitrogens with one attached hydrogen (secondary N) is 1. The highest BCUT2D eigenvalue weighted by Crippen LogP contribution is 2.34. The third kappa shape index (κ3) is 4.80.